The van der Waals surface area contributed by atoms with Crippen molar-refractivity contribution >= 4 is 87.6 Å². The molecule has 0 aliphatic heterocycles. The lowest BCUT2D eigenvalue weighted by Crippen LogP contribution is -2.16. The summed E-state index contributed by atoms with van der Waals surface area (Å²) in [7, 11) is 0. The van der Waals surface area contributed by atoms with E-state index in [0.717, 1.165) is 0 Å². The largest absolute Gasteiger partial charge is 0.478 e. The highest BCUT2D eigenvalue weighted by Gasteiger charge is 2.37. The standard InChI is InChI=1S/C22H4Br4F6O10/c23-5-7(25)16(42-18-12(30)4(22(39)40)2(20(35)36)10(28)14(18)32)8(26)6(24)15(5)41-17-11(29)3(21(37)38)1(19(33)34)9(27)13(17)31/h(H,33,34)(H,35,36)(H,37,38)(H,39,40). The van der Waals surface area contributed by atoms with Gasteiger partial charge in [-0.2, -0.15) is 8.78 Å². The van der Waals surface area contributed by atoms with Gasteiger partial charge in [0.25, 0.3) is 0 Å². The summed E-state index contributed by atoms with van der Waals surface area (Å²) in [5.41, 5.74) is -7.29. The molecule has 0 atom stereocenters. The highest BCUT2D eigenvalue weighted by molar-refractivity contribution is 9.14. The topological polar surface area (TPSA) is 168 Å². The molecular formula is C22H4Br4F6O10. The first-order valence-corrected chi connectivity index (χ1v) is 13.1. The number of carbonyl (C=O) groups is 4. The Morgan fingerprint density at radius 2 is 0.619 bits per heavy atom. The molecule has 3 aromatic carbocycles. The van der Waals surface area contributed by atoms with Crippen molar-refractivity contribution in [1.82, 2.24) is 0 Å². The molecule has 20 heteroatoms. The maximum absolute atomic E-state index is 15.0. The van der Waals surface area contributed by atoms with Crippen LogP contribution in [0.5, 0.6) is 23.0 Å². The van der Waals surface area contributed by atoms with Crippen LogP contribution in [0.15, 0.2) is 17.9 Å². The van der Waals surface area contributed by atoms with E-state index >= 15 is 0 Å². The van der Waals surface area contributed by atoms with Crippen molar-refractivity contribution in [3.8, 4) is 23.0 Å². The van der Waals surface area contributed by atoms with Crippen molar-refractivity contribution in [3.63, 3.8) is 0 Å². The fraction of sp³-hybridized carbons (Fsp3) is 0. The lowest BCUT2D eigenvalue weighted by molar-refractivity contribution is 0.0640. The molecule has 0 aromatic heterocycles. The van der Waals surface area contributed by atoms with Gasteiger partial charge in [-0.3, -0.25) is 0 Å². The van der Waals surface area contributed by atoms with E-state index in [9.17, 15) is 55.7 Å². The molecule has 0 saturated carbocycles. The van der Waals surface area contributed by atoms with Crippen LogP contribution in [0.1, 0.15) is 41.4 Å². The molecule has 0 saturated heterocycles. The van der Waals surface area contributed by atoms with E-state index in [1.54, 1.807) is 0 Å². The Balaban J connectivity index is 2.26. The summed E-state index contributed by atoms with van der Waals surface area (Å²) in [6.07, 6.45) is 0. The predicted molar refractivity (Wildman–Crippen MR) is 138 cm³/mol. The molecule has 0 unspecified atom stereocenters. The van der Waals surface area contributed by atoms with Gasteiger partial charge in [0.05, 0.1) is 17.9 Å². The number of rotatable bonds is 8. The smallest absolute Gasteiger partial charge is 0.339 e. The van der Waals surface area contributed by atoms with Crippen LogP contribution >= 0.6 is 63.7 Å². The van der Waals surface area contributed by atoms with Gasteiger partial charge in [0, 0.05) is 0 Å². The van der Waals surface area contributed by atoms with E-state index in [2.05, 4.69) is 63.7 Å². The third-order valence-corrected chi connectivity index (χ3v) is 9.10. The molecule has 4 N–H and O–H groups in total. The van der Waals surface area contributed by atoms with Crippen molar-refractivity contribution in [2.45, 2.75) is 0 Å². The lowest BCUT2D eigenvalue weighted by atomic mass is 10.0. The zero-order valence-electron chi connectivity index (χ0n) is 19.0. The maximum Gasteiger partial charge on any atom is 0.339 e. The third kappa shape index (κ3) is 5.42. The molecule has 3 rings (SSSR count). The summed E-state index contributed by atoms with van der Waals surface area (Å²) >= 11 is 11.5. The Kier molecular flexibility index (Phi) is 9.54. The molecule has 0 radical (unpaired) electrons. The second kappa shape index (κ2) is 12.1. The Bertz CT molecular complexity index is 1610. The summed E-state index contributed by atoms with van der Waals surface area (Å²) in [5.74, 6) is -27.6. The van der Waals surface area contributed by atoms with Crippen molar-refractivity contribution < 1.29 is 75.4 Å². The van der Waals surface area contributed by atoms with Crippen molar-refractivity contribution in [1.29, 1.82) is 0 Å². The van der Waals surface area contributed by atoms with Crippen LogP contribution in [-0.4, -0.2) is 44.3 Å². The van der Waals surface area contributed by atoms with Gasteiger partial charge in [0.1, 0.15) is 22.3 Å². The molecule has 0 aliphatic carbocycles. The Hall–Kier alpha value is -3.36. The van der Waals surface area contributed by atoms with Gasteiger partial charge < -0.3 is 29.9 Å². The first-order valence-electron chi connectivity index (χ1n) is 9.92. The molecule has 42 heavy (non-hydrogen) atoms. The zero-order chi connectivity index (χ0) is 32.1. The quantitative estimate of drug-likeness (QED) is 0.129. The van der Waals surface area contributed by atoms with Gasteiger partial charge in [-0.1, -0.05) is 0 Å². The average molecular weight is 862 g/mol. The van der Waals surface area contributed by atoms with Crippen molar-refractivity contribution in [2.75, 3.05) is 0 Å². The summed E-state index contributed by atoms with van der Waals surface area (Å²) < 4.78 is 96.3. The van der Waals surface area contributed by atoms with E-state index in [1.165, 1.54) is 0 Å². The monoisotopic (exact) mass is 858 g/mol. The van der Waals surface area contributed by atoms with E-state index in [-0.39, 0.29) is 0 Å². The molecule has 0 fully saturated rings. The summed E-state index contributed by atoms with van der Waals surface area (Å²) in [4.78, 5) is 45.3. The summed E-state index contributed by atoms with van der Waals surface area (Å²) in [6, 6.07) is 0. The van der Waals surface area contributed by atoms with E-state index < -0.39 is 122 Å². The van der Waals surface area contributed by atoms with Gasteiger partial charge in [0.2, 0.25) is 23.1 Å². The SMILES string of the molecule is O=C(O)c1c(F)c(F)c(Oc2c(Br)c(Br)c(Oc3c(F)c(F)c(C(=O)O)c(C(=O)O)c3F)c(Br)c2Br)c(F)c1C(=O)O. The normalized spacial score (nSPS) is 10.9. The average Bonchev–Trinajstić information content (AvgIpc) is 2.89. The molecule has 0 heterocycles. The van der Waals surface area contributed by atoms with Crippen LogP contribution in [0, 0.1) is 34.9 Å². The third-order valence-electron chi connectivity index (χ3n) is 5.01. The van der Waals surface area contributed by atoms with E-state index in [4.69, 9.17) is 19.7 Å². The van der Waals surface area contributed by atoms with Crippen LogP contribution in [0.25, 0.3) is 0 Å². The first-order chi connectivity index (χ1) is 19.4. The number of hydrogen-bond donors (Lipinski definition) is 4. The van der Waals surface area contributed by atoms with Crippen LogP contribution in [0.3, 0.4) is 0 Å². The second-order valence-electron chi connectivity index (χ2n) is 7.38. The highest BCUT2D eigenvalue weighted by Crippen LogP contribution is 2.53. The van der Waals surface area contributed by atoms with Crippen LogP contribution in [-0.2, 0) is 0 Å². The van der Waals surface area contributed by atoms with Gasteiger partial charge in [-0.15, -0.1) is 0 Å². The summed E-state index contributed by atoms with van der Waals surface area (Å²) in [6.45, 7) is 0. The highest BCUT2D eigenvalue weighted by atomic mass is 79.9. The van der Waals surface area contributed by atoms with Gasteiger partial charge >= 0.3 is 23.9 Å². The number of aromatic carboxylic acids is 4. The molecular weight excluding hydrogens is 858 g/mol. The zero-order valence-corrected chi connectivity index (χ0v) is 25.4. The molecule has 0 bridgehead atoms. The van der Waals surface area contributed by atoms with Gasteiger partial charge in [-0.25, -0.2) is 36.7 Å². The number of carboxylic acid groups (broad SMARTS) is 4. The van der Waals surface area contributed by atoms with E-state index in [1.807, 2.05) is 0 Å². The fourth-order valence-corrected chi connectivity index (χ4v) is 5.60. The molecule has 222 valence electrons. The van der Waals surface area contributed by atoms with Crippen LogP contribution in [0.2, 0.25) is 0 Å². The summed E-state index contributed by atoms with van der Waals surface area (Å²) in [5, 5.41) is 36.4. The maximum atomic E-state index is 15.0. The van der Waals surface area contributed by atoms with Gasteiger partial charge in [0.15, 0.2) is 34.8 Å². The number of carboxylic acids is 4. The molecule has 0 spiro atoms. The number of ether oxygens (including phenoxy) is 2. The Morgan fingerprint density at radius 3 is 0.833 bits per heavy atom. The Morgan fingerprint density at radius 1 is 0.405 bits per heavy atom. The molecule has 10 nitrogen and oxygen atoms in total. The molecule has 3 aromatic rings. The number of halogens is 10. The molecule has 0 aliphatic rings. The Labute approximate surface area is 260 Å². The minimum atomic E-state index is -2.32. The van der Waals surface area contributed by atoms with Crippen LogP contribution in [0.4, 0.5) is 26.3 Å². The lowest BCUT2D eigenvalue weighted by Gasteiger charge is -2.19. The van der Waals surface area contributed by atoms with Gasteiger partial charge in [-0.05, 0) is 63.7 Å². The predicted octanol–water partition coefficient (Wildman–Crippen LogP) is 7.95. The minimum Gasteiger partial charge on any atom is -0.478 e. The van der Waals surface area contributed by atoms with E-state index in [0.29, 0.717) is 0 Å². The first kappa shape index (κ1) is 33.1. The van der Waals surface area contributed by atoms with Crippen LogP contribution < -0.4 is 9.47 Å². The number of benzene rings is 3. The van der Waals surface area contributed by atoms with Crippen molar-refractivity contribution in [2.24, 2.45) is 0 Å². The fourth-order valence-electron chi connectivity index (χ4n) is 3.23. The second-order valence-corrected chi connectivity index (χ2v) is 10.6. The molecule has 0 amide bonds. The number of hydrogen-bond acceptors (Lipinski definition) is 6. The minimum absolute atomic E-state index is 0.479. The van der Waals surface area contributed by atoms with Crippen molar-refractivity contribution in [3.05, 3.63) is 75.0 Å².